The van der Waals surface area contributed by atoms with Crippen LogP contribution >= 0.6 is 0 Å². The van der Waals surface area contributed by atoms with Crippen molar-refractivity contribution in [2.45, 2.75) is 20.4 Å². The number of rotatable bonds is 9. The average Bonchev–Trinajstić information content (AvgIpc) is 2.81. The summed E-state index contributed by atoms with van der Waals surface area (Å²) in [6, 6.07) is 23.1. The Bertz CT molecular complexity index is 1210. The van der Waals surface area contributed by atoms with Crippen LogP contribution in [-0.2, 0) is 16.6 Å². The van der Waals surface area contributed by atoms with Gasteiger partial charge in [0.2, 0.25) is 10.0 Å². The van der Waals surface area contributed by atoms with Crippen molar-refractivity contribution in [1.29, 1.82) is 0 Å². The summed E-state index contributed by atoms with van der Waals surface area (Å²) in [4.78, 5) is 12.5. The number of amides is 1. The molecular formula is C25H27N3O4S. The summed E-state index contributed by atoms with van der Waals surface area (Å²) in [6.45, 7) is 4.50. The van der Waals surface area contributed by atoms with E-state index >= 15 is 0 Å². The number of para-hydroxylation sites is 1. The number of nitrogens with one attached hydrogen (secondary N) is 1. The van der Waals surface area contributed by atoms with Gasteiger partial charge >= 0.3 is 0 Å². The summed E-state index contributed by atoms with van der Waals surface area (Å²) in [5.41, 5.74) is 5.86. The molecular weight excluding hydrogens is 438 g/mol. The highest BCUT2D eigenvalue weighted by Gasteiger charge is 2.17. The lowest BCUT2D eigenvalue weighted by Crippen LogP contribution is -2.29. The smallest absolute Gasteiger partial charge is 0.271 e. The molecule has 172 valence electrons. The fraction of sp³-hybridized carbons (Fsp3) is 0.200. The molecule has 8 heteroatoms. The minimum absolute atomic E-state index is 0.166. The molecule has 0 aliphatic rings. The Morgan fingerprint density at radius 3 is 2.12 bits per heavy atom. The Hall–Kier alpha value is -3.65. The predicted octanol–water partition coefficient (Wildman–Crippen LogP) is 4.21. The van der Waals surface area contributed by atoms with E-state index in [1.54, 1.807) is 48.5 Å². The molecule has 1 amide bonds. The third-order valence-corrected chi connectivity index (χ3v) is 6.04. The van der Waals surface area contributed by atoms with Crippen molar-refractivity contribution in [1.82, 2.24) is 5.43 Å². The molecule has 1 N–H and O–H groups in total. The number of hydrogen-bond donors (Lipinski definition) is 1. The molecule has 33 heavy (non-hydrogen) atoms. The first-order chi connectivity index (χ1) is 15.8. The highest BCUT2D eigenvalue weighted by Crippen LogP contribution is 2.20. The van der Waals surface area contributed by atoms with Crippen molar-refractivity contribution in [2.75, 3.05) is 17.2 Å². The van der Waals surface area contributed by atoms with E-state index in [1.807, 2.05) is 44.2 Å². The standard InChI is InChI=1S/C25H27N3O4S/c1-4-32-24-16-14-21(15-17-24)19(2)26-27-25(29)22-12-10-20(11-13-22)18-28(33(3,30)31)23-8-6-5-7-9-23/h5-17H,4,18H2,1-3H3,(H,27,29)/b26-19-. The molecule has 3 aromatic carbocycles. The fourth-order valence-corrected chi connectivity index (χ4v) is 4.03. The van der Waals surface area contributed by atoms with E-state index < -0.39 is 10.0 Å². The van der Waals surface area contributed by atoms with Gasteiger partial charge in [-0.05, 0) is 73.5 Å². The molecule has 0 bridgehead atoms. The molecule has 0 heterocycles. The summed E-state index contributed by atoms with van der Waals surface area (Å²) >= 11 is 0. The van der Waals surface area contributed by atoms with Crippen molar-refractivity contribution < 1.29 is 17.9 Å². The van der Waals surface area contributed by atoms with E-state index in [9.17, 15) is 13.2 Å². The molecule has 0 aliphatic carbocycles. The van der Waals surface area contributed by atoms with Gasteiger partial charge in [-0.2, -0.15) is 5.10 Å². The maximum atomic E-state index is 12.5. The first-order valence-electron chi connectivity index (χ1n) is 10.5. The molecule has 0 radical (unpaired) electrons. The Morgan fingerprint density at radius 2 is 1.55 bits per heavy atom. The number of carbonyl (C=O) groups excluding carboxylic acids is 1. The summed E-state index contributed by atoms with van der Waals surface area (Å²) in [5, 5.41) is 4.18. The van der Waals surface area contributed by atoms with Crippen molar-refractivity contribution in [3.63, 3.8) is 0 Å². The van der Waals surface area contributed by atoms with E-state index in [-0.39, 0.29) is 12.5 Å². The van der Waals surface area contributed by atoms with Crippen molar-refractivity contribution in [2.24, 2.45) is 5.10 Å². The van der Waals surface area contributed by atoms with Crippen LogP contribution in [0.25, 0.3) is 0 Å². The van der Waals surface area contributed by atoms with Crippen LogP contribution in [0, 0.1) is 0 Å². The predicted molar refractivity (Wildman–Crippen MR) is 131 cm³/mol. The van der Waals surface area contributed by atoms with Gasteiger partial charge in [0.15, 0.2) is 0 Å². The summed E-state index contributed by atoms with van der Waals surface area (Å²) in [5.74, 6) is 0.426. The summed E-state index contributed by atoms with van der Waals surface area (Å²) in [6.07, 6.45) is 1.17. The van der Waals surface area contributed by atoms with Gasteiger partial charge in [-0.15, -0.1) is 0 Å². The van der Waals surface area contributed by atoms with Crippen LogP contribution < -0.4 is 14.5 Å². The van der Waals surface area contributed by atoms with Gasteiger partial charge in [-0.3, -0.25) is 9.10 Å². The zero-order valence-corrected chi connectivity index (χ0v) is 19.7. The number of ether oxygens (including phenoxy) is 1. The summed E-state index contributed by atoms with van der Waals surface area (Å²) in [7, 11) is -3.46. The lowest BCUT2D eigenvalue weighted by atomic mass is 10.1. The zero-order valence-electron chi connectivity index (χ0n) is 18.9. The quantitative estimate of drug-likeness (QED) is 0.379. The number of hydrogen-bond acceptors (Lipinski definition) is 5. The molecule has 0 atom stereocenters. The van der Waals surface area contributed by atoms with Crippen LogP contribution in [0.15, 0.2) is 84.0 Å². The first-order valence-corrected chi connectivity index (χ1v) is 12.3. The second-order valence-corrected chi connectivity index (χ2v) is 9.30. The van der Waals surface area contributed by atoms with Gasteiger partial charge in [0.1, 0.15) is 5.75 Å². The van der Waals surface area contributed by atoms with Gasteiger partial charge in [0.25, 0.3) is 5.91 Å². The normalized spacial score (nSPS) is 11.7. The largest absolute Gasteiger partial charge is 0.494 e. The lowest BCUT2D eigenvalue weighted by Gasteiger charge is -2.22. The minimum atomic E-state index is -3.46. The molecule has 0 spiro atoms. The molecule has 0 unspecified atom stereocenters. The first kappa shape index (κ1) is 24.0. The Labute approximate surface area is 194 Å². The molecule has 0 saturated heterocycles. The van der Waals surface area contributed by atoms with Crippen LogP contribution in [0.4, 0.5) is 5.69 Å². The molecule has 7 nitrogen and oxygen atoms in total. The zero-order chi connectivity index (χ0) is 23.8. The molecule has 3 aromatic rings. The monoisotopic (exact) mass is 465 g/mol. The van der Waals surface area contributed by atoms with Crippen LogP contribution in [0.3, 0.4) is 0 Å². The number of anilines is 1. The van der Waals surface area contributed by atoms with Crippen LogP contribution in [-0.4, -0.2) is 32.9 Å². The Balaban J connectivity index is 1.66. The maximum absolute atomic E-state index is 12.5. The Kier molecular flexibility index (Phi) is 7.84. The van der Waals surface area contributed by atoms with Crippen LogP contribution in [0.5, 0.6) is 5.75 Å². The third-order valence-electron chi connectivity index (χ3n) is 4.90. The van der Waals surface area contributed by atoms with E-state index in [1.165, 1.54) is 10.6 Å². The molecule has 0 aromatic heterocycles. The van der Waals surface area contributed by atoms with E-state index in [0.717, 1.165) is 16.9 Å². The maximum Gasteiger partial charge on any atom is 0.271 e. The van der Waals surface area contributed by atoms with Gasteiger partial charge in [0.05, 0.1) is 30.8 Å². The minimum Gasteiger partial charge on any atom is -0.494 e. The molecule has 0 saturated carbocycles. The van der Waals surface area contributed by atoms with E-state index in [0.29, 0.717) is 23.6 Å². The van der Waals surface area contributed by atoms with Gasteiger partial charge in [-0.1, -0.05) is 30.3 Å². The van der Waals surface area contributed by atoms with Gasteiger partial charge < -0.3 is 4.74 Å². The SMILES string of the molecule is CCOc1ccc(/C(C)=N\NC(=O)c2ccc(CN(c3ccccc3)S(C)(=O)=O)cc2)cc1. The highest BCUT2D eigenvalue weighted by molar-refractivity contribution is 7.92. The van der Waals surface area contributed by atoms with Gasteiger partial charge in [-0.25, -0.2) is 13.8 Å². The van der Waals surface area contributed by atoms with Crippen molar-refractivity contribution in [3.8, 4) is 5.75 Å². The van der Waals surface area contributed by atoms with E-state index in [4.69, 9.17) is 4.74 Å². The second-order valence-electron chi connectivity index (χ2n) is 7.40. The fourth-order valence-electron chi connectivity index (χ4n) is 3.14. The van der Waals surface area contributed by atoms with Crippen molar-refractivity contribution >= 4 is 27.3 Å². The van der Waals surface area contributed by atoms with Crippen LogP contribution in [0.1, 0.15) is 35.3 Å². The topological polar surface area (TPSA) is 88.1 Å². The average molecular weight is 466 g/mol. The molecule has 0 aliphatic heterocycles. The number of hydrazone groups is 1. The summed E-state index contributed by atoms with van der Waals surface area (Å²) < 4.78 is 31.3. The second kappa shape index (κ2) is 10.8. The lowest BCUT2D eigenvalue weighted by molar-refractivity contribution is 0.0955. The van der Waals surface area contributed by atoms with Crippen molar-refractivity contribution in [3.05, 3.63) is 95.6 Å². The number of nitrogens with zero attached hydrogens (tertiary/aromatic N) is 2. The number of benzene rings is 3. The molecule has 0 fully saturated rings. The van der Waals surface area contributed by atoms with Gasteiger partial charge in [0, 0.05) is 5.56 Å². The Morgan fingerprint density at radius 1 is 0.939 bits per heavy atom. The highest BCUT2D eigenvalue weighted by atomic mass is 32.2. The number of sulfonamides is 1. The molecule has 3 rings (SSSR count). The number of carbonyl (C=O) groups is 1. The third kappa shape index (κ3) is 6.66. The van der Waals surface area contributed by atoms with E-state index in [2.05, 4.69) is 10.5 Å². The van der Waals surface area contributed by atoms with Crippen LogP contribution in [0.2, 0.25) is 0 Å².